The van der Waals surface area contributed by atoms with Crippen molar-refractivity contribution >= 4 is 34.0 Å². The van der Waals surface area contributed by atoms with Gasteiger partial charge in [-0.3, -0.25) is 4.57 Å². The molecule has 0 spiro atoms. The van der Waals surface area contributed by atoms with Crippen LogP contribution in [0.2, 0.25) is 0 Å². The number of fused-ring (bicyclic) bond motifs is 2. The molecule has 0 aliphatic heterocycles. The van der Waals surface area contributed by atoms with Gasteiger partial charge in [-0.25, -0.2) is 14.8 Å². The summed E-state index contributed by atoms with van der Waals surface area (Å²) in [5, 5.41) is 9.86. The van der Waals surface area contributed by atoms with Crippen LogP contribution in [0.4, 0.5) is 5.82 Å². The van der Waals surface area contributed by atoms with Gasteiger partial charge in [0.25, 0.3) is 0 Å². The number of benzene rings is 2. The van der Waals surface area contributed by atoms with E-state index < -0.39 is 5.97 Å². The molecule has 27 heavy (non-hydrogen) atoms. The van der Waals surface area contributed by atoms with Gasteiger partial charge in [0, 0.05) is 6.07 Å². The fourth-order valence-corrected chi connectivity index (χ4v) is 3.03. The van der Waals surface area contributed by atoms with E-state index in [1.54, 1.807) is 42.7 Å². The Balaban J connectivity index is 2.08. The Morgan fingerprint density at radius 1 is 1.11 bits per heavy atom. The highest BCUT2D eigenvalue weighted by molar-refractivity contribution is 6.09. The zero-order valence-corrected chi connectivity index (χ0v) is 14.9. The quantitative estimate of drug-likeness (QED) is 0.541. The van der Waals surface area contributed by atoms with Crippen LogP contribution in [0.25, 0.3) is 27.9 Å². The molecule has 0 fully saturated rings. The summed E-state index contributed by atoms with van der Waals surface area (Å²) < 4.78 is 6.96. The van der Waals surface area contributed by atoms with Crippen LogP contribution in [0.15, 0.2) is 48.5 Å². The zero-order valence-electron chi connectivity index (χ0n) is 14.9. The van der Waals surface area contributed by atoms with E-state index in [4.69, 9.17) is 10.5 Å². The molecule has 4 aromatic rings. The van der Waals surface area contributed by atoms with Crippen molar-refractivity contribution in [3.63, 3.8) is 0 Å². The first-order chi connectivity index (χ1) is 13.0. The number of nitrogens with two attached hydrogens (primary N) is 1. The van der Waals surface area contributed by atoms with Gasteiger partial charge in [0.05, 0.1) is 22.8 Å². The third-order valence-electron chi connectivity index (χ3n) is 4.13. The van der Waals surface area contributed by atoms with Crippen molar-refractivity contribution < 1.29 is 14.6 Å². The lowest BCUT2D eigenvalue weighted by Gasteiger charge is -2.09. The molecule has 2 aromatic heterocycles. The number of anilines is 1. The normalized spacial score (nSPS) is 11.4. The number of hydrogen-bond acceptors (Lipinski definition) is 6. The van der Waals surface area contributed by atoms with Crippen LogP contribution in [-0.2, 0) is 4.74 Å². The molecule has 0 aliphatic rings. The average Bonchev–Trinajstić information content (AvgIpc) is 2.90. The number of phenolic OH excluding ortho intramolecular Hbond substituents is 1. The van der Waals surface area contributed by atoms with Crippen LogP contribution in [0, 0.1) is 0 Å². The minimum absolute atomic E-state index is 0.0776. The summed E-state index contributed by atoms with van der Waals surface area (Å²) >= 11 is 0. The molecular formula is C20H18N4O3. The maximum absolute atomic E-state index is 12.7. The molecule has 136 valence electrons. The maximum Gasteiger partial charge on any atom is 0.344 e. The summed E-state index contributed by atoms with van der Waals surface area (Å²) in [6.07, 6.45) is -0.301. The first kappa shape index (κ1) is 16.8. The molecule has 7 nitrogen and oxygen atoms in total. The van der Waals surface area contributed by atoms with E-state index >= 15 is 0 Å². The van der Waals surface area contributed by atoms with Crippen LogP contribution >= 0.6 is 0 Å². The van der Waals surface area contributed by atoms with Crippen LogP contribution in [0.5, 0.6) is 5.75 Å². The Labute approximate surface area is 155 Å². The fraction of sp³-hybridized carbons (Fsp3) is 0.150. The van der Waals surface area contributed by atoms with Crippen molar-refractivity contribution in [3.05, 3.63) is 54.1 Å². The van der Waals surface area contributed by atoms with Crippen molar-refractivity contribution in [2.24, 2.45) is 0 Å². The predicted octanol–water partition coefficient (Wildman–Crippen LogP) is 3.43. The SMILES string of the molecule is CC(C)OC(=O)c1c(N)n(-c2cccc(O)c2)c2nc3ccccc3nc12. The van der Waals surface area contributed by atoms with Crippen molar-refractivity contribution in [1.82, 2.24) is 14.5 Å². The minimum Gasteiger partial charge on any atom is -0.508 e. The second-order valence-corrected chi connectivity index (χ2v) is 6.45. The average molecular weight is 362 g/mol. The maximum atomic E-state index is 12.7. The van der Waals surface area contributed by atoms with Gasteiger partial charge in [0.1, 0.15) is 22.6 Å². The number of ether oxygens (including phenoxy) is 1. The summed E-state index contributed by atoms with van der Waals surface area (Å²) in [6.45, 7) is 3.53. The van der Waals surface area contributed by atoms with Gasteiger partial charge in [-0.2, -0.15) is 0 Å². The number of rotatable bonds is 3. The highest BCUT2D eigenvalue weighted by atomic mass is 16.5. The number of nitrogen functional groups attached to an aromatic ring is 1. The molecule has 2 heterocycles. The van der Waals surface area contributed by atoms with E-state index in [1.807, 2.05) is 24.3 Å². The van der Waals surface area contributed by atoms with Gasteiger partial charge in [-0.1, -0.05) is 18.2 Å². The van der Waals surface area contributed by atoms with Crippen molar-refractivity contribution in [2.45, 2.75) is 20.0 Å². The Morgan fingerprint density at radius 3 is 2.48 bits per heavy atom. The fourth-order valence-electron chi connectivity index (χ4n) is 3.03. The van der Waals surface area contributed by atoms with Gasteiger partial charge in [0.2, 0.25) is 0 Å². The first-order valence-electron chi connectivity index (χ1n) is 8.52. The van der Waals surface area contributed by atoms with Crippen molar-refractivity contribution in [1.29, 1.82) is 0 Å². The highest BCUT2D eigenvalue weighted by Crippen LogP contribution is 2.32. The smallest absolute Gasteiger partial charge is 0.344 e. The molecular weight excluding hydrogens is 344 g/mol. The van der Waals surface area contributed by atoms with Crippen molar-refractivity contribution in [3.8, 4) is 11.4 Å². The molecule has 0 radical (unpaired) electrons. The molecule has 3 N–H and O–H groups in total. The number of aromatic nitrogens is 3. The van der Waals surface area contributed by atoms with Gasteiger partial charge in [-0.15, -0.1) is 0 Å². The predicted molar refractivity (Wildman–Crippen MR) is 103 cm³/mol. The standard InChI is InChI=1S/C20H18N4O3/c1-11(2)27-20(26)16-17-19(23-15-9-4-3-8-14(15)22-17)24(18(16)21)12-6-5-7-13(25)10-12/h3-11,25H,21H2,1-2H3. The summed E-state index contributed by atoms with van der Waals surface area (Å²) in [5.41, 5.74) is 9.19. The Morgan fingerprint density at radius 2 is 1.81 bits per heavy atom. The van der Waals surface area contributed by atoms with E-state index in [0.717, 1.165) is 0 Å². The van der Waals surface area contributed by atoms with Crippen LogP contribution < -0.4 is 5.73 Å². The zero-order chi connectivity index (χ0) is 19.1. The van der Waals surface area contributed by atoms with E-state index in [2.05, 4.69) is 9.97 Å². The number of aromatic hydroxyl groups is 1. The highest BCUT2D eigenvalue weighted by Gasteiger charge is 2.26. The van der Waals surface area contributed by atoms with E-state index in [9.17, 15) is 9.90 Å². The molecule has 0 saturated heterocycles. The topological polar surface area (TPSA) is 103 Å². The second kappa shape index (κ2) is 6.28. The lowest BCUT2D eigenvalue weighted by atomic mass is 10.2. The Hall–Kier alpha value is -3.61. The van der Waals surface area contributed by atoms with Crippen LogP contribution in [0.3, 0.4) is 0 Å². The molecule has 0 atom stereocenters. The van der Waals surface area contributed by atoms with E-state index in [1.165, 1.54) is 0 Å². The van der Waals surface area contributed by atoms with E-state index in [0.29, 0.717) is 27.9 Å². The van der Waals surface area contributed by atoms with Gasteiger partial charge < -0.3 is 15.6 Å². The lowest BCUT2D eigenvalue weighted by Crippen LogP contribution is -2.13. The Kier molecular flexibility index (Phi) is 3.92. The number of hydrogen-bond donors (Lipinski definition) is 2. The molecule has 4 rings (SSSR count). The van der Waals surface area contributed by atoms with Crippen LogP contribution in [0.1, 0.15) is 24.2 Å². The number of para-hydroxylation sites is 2. The van der Waals surface area contributed by atoms with Gasteiger partial charge in [0.15, 0.2) is 5.65 Å². The van der Waals surface area contributed by atoms with Gasteiger partial charge >= 0.3 is 5.97 Å². The summed E-state index contributed by atoms with van der Waals surface area (Å²) in [6, 6.07) is 13.9. The summed E-state index contributed by atoms with van der Waals surface area (Å²) in [5.74, 6) is -0.318. The number of carbonyl (C=O) groups is 1. The monoisotopic (exact) mass is 362 g/mol. The molecule has 7 heteroatoms. The molecule has 0 bridgehead atoms. The van der Waals surface area contributed by atoms with Crippen molar-refractivity contribution in [2.75, 3.05) is 5.73 Å². The minimum atomic E-state index is -0.559. The molecule has 2 aromatic carbocycles. The second-order valence-electron chi connectivity index (χ2n) is 6.45. The van der Waals surface area contributed by atoms with Gasteiger partial charge in [-0.05, 0) is 38.1 Å². The molecule has 0 amide bonds. The number of phenols is 1. The number of carbonyl (C=O) groups excluding carboxylic acids is 1. The largest absolute Gasteiger partial charge is 0.508 e. The summed E-state index contributed by atoms with van der Waals surface area (Å²) in [7, 11) is 0. The molecule has 0 aliphatic carbocycles. The molecule has 0 saturated carbocycles. The third kappa shape index (κ3) is 2.83. The number of nitrogens with zero attached hydrogens (tertiary/aromatic N) is 3. The molecule has 0 unspecified atom stereocenters. The summed E-state index contributed by atoms with van der Waals surface area (Å²) in [4.78, 5) is 22.0. The Bertz CT molecular complexity index is 1180. The van der Waals surface area contributed by atoms with E-state index in [-0.39, 0.29) is 23.2 Å². The van der Waals surface area contributed by atoms with Crippen LogP contribution in [-0.4, -0.2) is 31.7 Å². The first-order valence-corrected chi connectivity index (χ1v) is 8.52. The number of esters is 1. The third-order valence-corrected chi connectivity index (χ3v) is 4.13. The lowest BCUT2D eigenvalue weighted by molar-refractivity contribution is 0.0381.